The molecule has 32 heavy (non-hydrogen) atoms. The fourth-order valence-electron chi connectivity index (χ4n) is 4.24. The van der Waals surface area contributed by atoms with Gasteiger partial charge in [-0.15, -0.1) is 5.10 Å². The van der Waals surface area contributed by atoms with Crippen LogP contribution in [0.1, 0.15) is 56.3 Å². The molecule has 2 aromatic heterocycles. The number of carbonyl (C=O) groups is 2. The van der Waals surface area contributed by atoms with Gasteiger partial charge in [0.1, 0.15) is 6.54 Å². The van der Waals surface area contributed by atoms with Crippen molar-refractivity contribution in [2.24, 2.45) is 11.7 Å². The minimum atomic E-state index is -0.715. The van der Waals surface area contributed by atoms with Crippen molar-refractivity contribution in [2.75, 3.05) is 0 Å². The van der Waals surface area contributed by atoms with E-state index in [0.717, 1.165) is 30.4 Å². The maximum absolute atomic E-state index is 13.3. The number of primary amides is 1. The molecule has 170 valence electrons. The lowest BCUT2D eigenvalue weighted by Crippen LogP contribution is -2.33. The molecule has 1 fully saturated rings. The number of carbonyl (C=O) groups excluding carboxylic acids is 2. The summed E-state index contributed by atoms with van der Waals surface area (Å²) in [5.41, 5.74) is 5.02. The van der Waals surface area contributed by atoms with Crippen molar-refractivity contribution < 1.29 is 9.59 Å². The lowest BCUT2D eigenvalue weighted by atomic mass is 10.1. The SMILES string of the molecule is CC(C)CCn1c(=O)c2ccc(C(=O)NC3CCCC3)cc2n2c(=O)n(CC(N)=O)nc12. The maximum atomic E-state index is 13.3. The fraction of sp³-hybridized carbons (Fsp3) is 0.500. The van der Waals surface area contributed by atoms with Crippen molar-refractivity contribution in [3.05, 3.63) is 44.6 Å². The monoisotopic (exact) mass is 440 g/mol. The third-order valence-electron chi connectivity index (χ3n) is 5.97. The summed E-state index contributed by atoms with van der Waals surface area (Å²) in [6.45, 7) is 4.04. The summed E-state index contributed by atoms with van der Waals surface area (Å²) >= 11 is 0. The van der Waals surface area contributed by atoms with Gasteiger partial charge >= 0.3 is 5.69 Å². The molecule has 0 spiro atoms. The summed E-state index contributed by atoms with van der Waals surface area (Å²) in [5, 5.41) is 7.55. The van der Waals surface area contributed by atoms with Gasteiger partial charge in [0.05, 0.1) is 10.9 Å². The molecular formula is C22H28N6O4. The second-order valence-electron chi connectivity index (χ2n) is 8.87. The molecular weight excluding hydrogens is 412 g/mol. The maximum Gasteiger partial charge on any atom is 0.352 e. The highest BCUT2D eigenvalue weighted by Crippen LogP contribution is 2.19. The van der Waals surface area contributed by atoms with Crippen molar-refractivity contribution in [3.8, 4) is 0 Å². The van der Waals surface area contributed by atoms with Crippen LogP contribution in [-0.4, -0.2) is 36.6 Å². The Labute approximate surface area is 184 Å². The smallest absolute Gasteiger partial charge is 0.352 e. The Morgan fingerprint density at radius 3 is 2.59 bits per heavy atom. The molecule has 0 saturated heterocycles. The van der Waals surface area contributed by atoms with Gasteiger partial charge in [-0.05, 0) is 43.4 Å². The van der Waals surface area contributed by atoms with E-state index in [1.165, 1.54) is 8.97 Å². The summed E-state index contributed by atoms with van der Waals surface area (Å²) in [4.78, 5) is 50.6. The second kappa shape index (κ2) is 8.60. The Balaban J connectivity index is 1.90. The van der Waals surface area contributed by atoms with Crippen LogP contribution in [0.25, 0.3) is 16.7 Å². The average molecular weight is 441 g/mol. The summed E-state index contributed by atoms with van der Waals surface area (Å²) < 4.78 is 3.68. The highest BCUT2D eigenvalue weighted by Gasteiger charge is 2.21. The first kappa shape index (κ1) is 21.8. The van der Waals surface area contributed by atoms with Gasteiger partial charge in [-0.25, -0.2) is 13.9 Å². The Kier molecular flexibility index (Phi) is 5.86. The molecule has 1 saturated carbocycles. The number of fused-ring (bicyclic) bond motifs is 3. The zero-order valence-electron chi connectivity index (χ0n) is 18.3. The van der Waals surface area contributed by atoms with Gasteiger partial charge in [-0.1, -0.05) is 26.7 Å². The molecule has 3 N–H and O–H groups in total. The van der Waals surface area contributed by atoms with E-state index in [9.17, 15) is 19.2 Å². The normalized spacial score (nSPS) is 14.6. The molecule has 2 heterocycles. The first-order valence-electron chi connectivity index (χ1n) is 11.0. The number of rotatable bonds is 7. The van der Waals surface area contributed by atoms with Crippen LogP contribution in [0.3, 0.4) is 0 Å². The number of hydrogen-bond acceptors (Lipinski definition) is 5. The zero-order valence-corrected chi connectivity index (χ0v) is 18.3. The van der Waals surface area contributed by atoms with Crippen LogP contribution in [0, 0.1) is 5.92 Å². The lowest BCUT2D eigenvalue weighted by molar-refractivity contribution is -0.118. The molecule has 2 amide bonds. The van der Waals surface area contributed by atoms with E-state index in [2.05, 4.69) is 10.4 Å². The van der Waals surface area contributed by atoms with E-state index >= 15 is 0 Å². The molecule has 0 unspecified atom stereocenters. The first-order valence-corrected chi connectivity index (χ1v) is 11.0. The van der Waals surface area contributed by atoms with E-state index in [4.69, 9.17) is 5.73 Å². The van der Waals surface area contributed by atoms with Gasteiger partial charge in [0.2, 0.25) is 11.7 Å². The first-order chi connectivity index (χ1) is 15.3. The van der Waals surface area contributed by atoms with Crippen LogP contribution in [0.2, 0.25) is 0 Å². The van der Waals surface area contributed by atoms with E-state index in [1.54, 1.807) is 18.2 Å². The van der Waals surface area contributed by atoms with Gasteiger partial charge in [0.25, 0.3) is 11.5 Å². The molecule has 0 atom stereocenters. The highest BCUT2D eigenvalue weighted by atomic mass is 16.2. The number of amides is 2. The number of aromatic nitrogens is 4. The van der Waals surface area contributed by atoms with Crippen LogP contribution in [-0.2, 0) is 17.9 Å². The largest absolute Gasteiger partial charge is 0.368 e. The van der Waals surface area contributed by atoms with E-state index in [-0.39, 0.29) is 28.8 Å². The van der Waals surface area contributed by atoms with Crippen LogP contribution in [0.4, 0.5) is 0 Å². The summed E-state index contributed by atoms with van der Waals surface area (Å²) in [6, 6.07) is 4.86. The molecule has 10 heteroatoms. The Hall–Kier alpha value is -3.43. The summed E-state index contributed by atoms with van der Waals surface area (Å²) in [7, 11) is 0. The molecule has 0 aliphatic heterocycles. The molecule has 1 aliphatic rings. The van der Waals surface area contributed by atoms with Crippen molar-refractivity contribution in [3.63, 3.8) is 0 Å². The van der Waals surface area contributed by atoms with Gasteiger partial charge in [-0.3, -0.25) is 19.0 Å². The van der Waals surface area contributed by atoms with Crippen molar-refractivity contribution in [2.45, 2.75) is 65.1 Å². The Bertz CT molecular complexity index is 1310. The number of nitrogens with zero attached hydrogens (tertiary/aromatic N) is 4. The van der Waals surface area contributed by atoms with Crippen LogP contribution < -0.4 is 22.3 Å². The van der Waals surface area contributed by atoms with Gasteiger partial charge in [-0.2, -0.15) is 0 Å². The lowest BCUT2D eigenvalue weighted by Gasteiger charge is -2.14. The number of benzene rings is 1. The predicted molar refractivity (Wildman–Crippen MR) is 120 cm³/mol. The van der Waals surface area contributed by atoms with Crippen molar-refractivity contribution in [1.82, 2.24) is 24.1 Å². The quantitative estimate of drug-likeness (QED) is 0.566. The third kappa shape index (κ3) is 4.04. The number of hydrogen-bond donors (Lipinski definition) is 2. The van der Waals surface area contributed by atoms with Gasteiger partial charge in [0, 0.05) is 18.2 Å². The van der Waals surface area contributed by atoms with Crippen LogP contribution >= 0.6 is 0 Å². The van der Waals surface area contributed by atoms with E-state index < -0.39 is 18.1 Å². The highest BCUT2D eigenvalue weighted by molar-refractivity contribution is 5.98. The topological polar surface area (TPSA) is 133 Å². The zero-order chi connectivity index (χ0) is 23.0. The molecule has 1 aliphatic carbocycles. The minimum Gasteiger partial charge on any atom is -0.368 e. The second-order valence-corrected chi connectivity index (χ2v) is 8.87. The summed E-state index contributed by atoms with van der Waals surface area (Å²) in [6.07, 6.45) is 4.79. The van der Waals surface area contributed by atoms with Crippen molar-refractivity contribution in [1.29, 1.82) is 0 Å². The standard InChI is InChI=1S/C22H28N6O4/c1-13(2)9-10-26-20(31)16-8-7-14(19(30)24-15-5-3-4-6-15)11-17(16)28-21(26)25-27(22(28)32)12-18(23)29/h7-8,11,13,15H,3-6,9-10,12H2,1-2H3,(H2,23,29)(H,24,30). The fourth-order valence-corrected chi connectivity index (χ4v) is 4.24. The third-order valence-corrected chi connectivity index (χ3v) is 5.97. The van der Waals surface area contributed by atoms with Gasteiger partial charge in [0.15, 0.2) is 0 Å². The molecule has 10 nitrogen and oxygen atoms in total. The number of aryl methyl sites for hydroxylation is 1. The number of nitrogens with two attached hydrogens (primary N) is 1. The molecule has 3 aromatic rings. The molecule has 1 aromatic carbocycles. The Morgan fingerprint density at radius 2 is 1.94 bits per heavy atom. The van der Waals surface area contributed by atoms with Crippen molar-refractivity contribution >= 4 is 28.5 Å². The Morgan fingerprint density at radius 1 is 1.22 bits per heavy atom. The predicted octanol–water partition coefficient (Wildman–Crippen LogP) is 1.01. The van der Waals surface area contributed by atoms with Crippen LogP contribution in [0.5, 0.6) is 0 Å². The summed E-state index contributed by atoms with van der Waals surface area (Å²) in [5.74, 6) is -0.498. The number of nitrogens with one attached hydrogen (secondary N) is 1. The van der Waals surface area contributed by atoms with Crippen LogP contribution in [0.15, 0.2) is 27.8 Å². The molecule has 0 bridgehead atoms. The van der Waals surface area contributed by atoms with E-state index in [1.807, 2.05) is 13.8 Å². The average Bonchev–Trinajstić information content (AvgIpc) is 3.35. The molecule has 0 radical (unpaired) electrons. The molecule has 4 rings (SSSR count). The van der Waals surface area contributed by atoms with Gasteiger partial charge < -0.3 is 11.1 Å². The minimum absolute atomic E-state index is 0.128. The van der Waals surface area contributed by atoms with E-state index in [0.29, 0.717) is 29.8 Å².